The van der Waals surface area contributed by atoms with Gasteiger partial charge in [0.2, 0.25) is 0 Å². The number of nitriles is 1. The number of hydrogen-bond donors (Lipinski definition) is 4. The molecular weight excluding hydrogens is 496 g/mol. The maximum Gasteiger partial charge on any atom is 0.264 e. The molecule has 4 N–H and O–H groups in total. The highest BCUT2D eigenvalue weighted by Crippen LogP contribution is 2.37. The molecule has 5 rings (SSSR count). The van der Waals surface area contributed by atoms with Crippen molar-refractivity contribution in [2.45, 2.75) is 31.6 Å². The van der Waals surface area contributed by atoms with Gasteiger partial charge in [-0.15, -0.1) is 0 Å². The number of benzene rings is 3. The molecule has 3 aromatic rings. The van der Waals surface area contributed by atoms with Gasteiger partial charge in [-0.1, -0.05) is 48.5 Å². The lowest BCUT2D eigenvalue weighted by Crippen LogP contribution is -2.59. The number of hydrazine groups is 1. The molecule has 2 unspecified atom stereocenters. The molecule has 10 heteroatoms. The van der Waals surface area contributed by atoms with Crippen LogP contribution in [0.5, 0.6) is 5.75 Å². The number of ether oxygens (including phenoxy) is 3. The maximum atomic E-state index is 13.3. The Bertz CT molecular complexity index is 1440. The minimum Gasteiger partial charge on any atom is -0.491 e. The van der Waals surface area contributed by atoms with E-state index in [0.29, 0.717) is 41.5 Å². The van der Waals surface area contributed by atoms with E-state index >= 15 is 0 Å². The summed E-state index contributed by atoms with van der Waals surface area (Å²) in [7, 11) is 1.59. The fourth-order valence-corrected chi connectivity index (χ4v) is 4.67. The summed E-state index contributed by atoms with van der Waals surface area (Å²) in [6.45, 7) is 4.29. The van der Waals surface area contributed by atoms with Crippen molar-refractivity contribution in [2.24, 2.45) is 4.99 Å². The van der Waals surface area contributed by atoms with Crippen LogP contribution < -0.4 is 26.2 Å². The van der Waals surface area contributed by atoms with Gasteiger partial charge in [-0.05, 0) is 38.1 Å². The molecule has 3 aromatic carbocycles. The van der Waals surface area contributed by atoms with E-state index in [4.69, 9.17) is 19.2 Å². The van der Waals surface area contributed by atoms with Crippen LogP contribution in [0.2, 0.25) is 0 Å². The van der Waals surface area contributed by atoms with Gasteiger partial charge in [0.1, 0.15) is 12.4 Å². The third-order valence-electron chi connectivity index (χ3n) is 6.52. The average Bonchev–Trinajstić information content (AvgIpc) is 3.19. The van der Waals surface area contributed by atoms with Crippen molar-refractivity contribution >= 4 is 17.3 Å². The second-order valence-electron chi connectivity index (χ2n) is 9.51. The number of amides is 1. The summed E-state index contributed by atoms with van der Waals surface area (Å²) in [6, 6.07) is 24.6. The Balaban J connectivity index is 1.44. The van der Waals surface area contributed by atoms with Crippen molar-refractivity contribution in [1.29, 1.82) is 5.26 Å². The monoisotopic (exact) mass is 526 g/mol. The first-order valence-electron chi connectivity index (χ1n) is 12.6. The number of hydrogen-bond acceptors (Lipinski definition) is 9. The van der Waals surface area contributed by atoms with Gasteiger partial charge in [0.15, 0.2) is 17.7 Å². The Morgan fingerprint density at radius 1 is 1.05 bits per heavy atom. The van der Waals surface area contributed by atoms with Gasteiger partial charge in [0.25, 0.3) is 5.91 Å². The summed E-state index contributed by atoms with van der Waals surface area (Å²) in [5.74, 6) is -1.05. The zero-order valence-corrected chi connectivity index (χ0v) is 21.9. The van der Waals surface area contributed by atoms with E-state index in [0.717, 1.165) is 11.1 Å². The van der Waals surface area contributed by atoms with Gasteiger partial charge in [-0.25, -0.2) is 16.2 Å². The van der Waals surface area contributed by atoms with Gasteiger partial charge >= 0.3 is 0 Å². The van der Waals surface area contributed by atoms with Gasteiger partial charge in [-0.3, -0.25) is 9.79 Å². The van der Waals surface area contributed by atoms with E-state index in [-0.39, 0.29) is 5.91 Å². The molecule has 2 heterocycles. The molecule has 0 spiro atoms. The highest BCUT2D eigenvalue weighted by Gasteiger charge is 2.48. The summed E-state index contributed by atoms with van der Waals surface area (Å²) in [5, 5.41) is 15.6. The molecule has 0 aliphatic carbocycles. The van der Waals surface area contributed by atoms with Crippen molar-refractivity contribution in [3.8, 4) is 11.8 Å². The Kier molecular flexibility index (Phi) is 7.43. The quantitative estimate of drug-likeness (QED) is 0.330. The summed E-state index contributed by atoms with van der Waals surface area (Å²) in [4.78, 5) is 18.2. The molecule has 2 aliphatic heterocycles. The van der Waals surface area contributed by atoms with E-state index in [2.05, 4.69) is 27.6 Å². The Hall–Kier alpha value is -4.11. The lowest BCUT2D eigenvalue weighted by Gasteiger charge is -2.31. The molecule has 1 saturated heterocycles. The number of anilines is 1. The molecule has 10 nitrogen and oxygen atoms in total. The zero-order chi connectivity index (χ0) is 27.5. The SMILES string of the molecule is COCCOc1cc(C#N)ccc1C1(C)NNC(C)(N[C@H]2N=C(c3ccccc3)c3ccccc3NC2=O)O1. The van der Waals surface area contributed by atoms with Gasteiger partial charge < -0.3 is 19.5 Å². The van der Waals surface area contributed by atoms with Crippen molar-refractivity contribution in [3.63, 3.8) is 0 Å². The Morgan fingerprint density at radius 2 is 1.82 bits per heavy atom. The summed E-state index contributed by atoms with van der Waals surface area (Å²) in [5.41, 5.74) is 9.43. The average molecular weight is 527 g/mol. The van der Waals surface area contributed by atoms with Gasteiger partial charge in [0, 0.05) is 23.8 Å². The van der Waals surface area contributed by atoms with Crippen molar-refractivity contribution in [3.05, 3.63) is 95.1 Å². The highest BCUT2D eigenvalue weighted by molar-refractivity contribution is 6.19. The maximum absolute atomic E-state index is 13.3. The Morgan fingerprint density at radius 3 is 2.59 bits per heavy atom. The molecule has 3 atom stereocenters. The number of rotatable bonds is 8. The molecule has 1 fully saturated rings. The highest BCUT2D eigenvalue weighted by atomic mass is 16.6. The van der Waals surface area contributed by atoms with Crippen LogP contribution in [0.25, 0.3) is 0 Å². The zero-order valence-electron chi connectivity index (χ0n) is 21.9. The smallest absolute Gasteiger partial charge is 0.264 e. The molecule has 0 aromatic heterocycles. The molecule has 1 amide bonds. The summed E-state index contributed by atoms with van der Waals surface area (Å²) in [6.07, 6.45) is -0.979. The van der Waals surface area contributed by atoms with Crippen LogP contribution in [0.15, 0.2) is 77.8 Å². The fraction of sp³-hybridized carbons (Fsp3) is 0.276. The normalized spacial score (nSPS) is 24.2. The van der Waals surface area contributed by atoms with E-state index in [9.17, 15) is 10.1 Å². The molecule has 0 saturated carbocycles. The molecule has 200 valence electrons. The number of benzodiazepines with no additional fused rings is 1. The van der Waals surface area contributed by atoms with E-state index in [1.165, 1.54) is 0 Å². The molecule has 2 aliphatic rings. The standard InChI is InChI=1S/C29H30N6O4/c1-28(22-14-13-19(18-30)17-24(22)38-16-15-37-3)34-35-29(2,39-28)33-26-27(36)31-23-12-8-7-11-21(23)25(32-26)20-9-5-4-6-10-20/h4-14,17,26,33-35H,15-16H2,1-3H3,(H,31,36)/t26-,28?,29?/m1/s1. The first-order valence-corrected chi connectivity index (χ1v) is 12.6. The van der Waals surface area contributed by atoms with E-state index in [1.807, 2.05) is 61.5 Å². The third-order valence-corrected chi connectivity index (χ3v) is 6.52. The van der Waals surface area contributed by atoms with Crippen LogP contribution in [0, 0.1) is 11.3 Å². The van der Waals surface area contributed by atoms with Crippen LogP contribution in [0.1, 0.15) is 36.1 Å². The number of aliphatic imine (C=N–C) groups is 1. The minimum absolute atomic E-state index is 0.303. The second kappa shape index (κ2) is 10.9. The molecular formula is C29H30N6O4. The lowest BCUT2D eigenvalue weighted by molar-refractivity contribution is -0.134. The predicted molar refractivity (Wildman–Crippen MR) is 146 cm³/mol. The fourth-order valence-electron chi connectivity index (χ4n) is 4.67. The van der Waals surface area contributed by atoms with Crippen LogP contribution in [0.4, 0.5) is 5.69 Å². The number of carbonyl (C=O) groups excluding carboxylic acids is 1. The van der Waals surface area contributed by atoms with Crippen molar-refractivity contribution in [1.82, 2.24) is 16.2 Å². The summed E-state index contributed by atoms with van der Waals surface area (Å²) >= 11 is 0. The third kappa shape index (κ3) is 5.54. The number of para-hydroxylation sites is 1. The van der Waals surface area contributed by atoms with Crippen molar-refractivity contribution in [2.75, 3.05) is 25.6 Å². The van der Waals surface area contributed by atoms with Gasteiger partial charge in [-0.2, -0.15) is 5.26 Å². The minimum atomic E-state index is -1.21. The van der Waals surface area contributed by atoms with Crippen LogP contribution >= 0.6 is 0 Å². The second-order valence-corrected chi connectivity index (χ2v) is 9.51. The molecule has 0 radical (unpaired) electrons. The van der Waals surface area contributed by atoms with Crippen molar-refractivity contribution < 1.29 is 19.0 Å². The number of fused-ring (bicyclic) bond motifs is 1. The van der Waals surface area contributed by atoms with E-state index < -0.39 is 17.7 Å². The number of nitrogens with one attached hydrogen (secondary N) is 4. The van der Waals surface area contributed by atoms with Crippen LogP contribution in [0.3, 0.4) is 0 Å². The van der Waals surface area contributed by atoms with Crippen LogP contribution in [-0.2, 0) is 20.0 Å². The van der Waals surface area contributed by atoms with Gasteiger partial charge in [0.05, 0.1) is 29.6 Å². The number of carbonyl (C=O) groups is 1. The summed E-state index contributed by atoms with van der Waals surface area (Å²) < 4.78 is 17.5. The van der Waals surface area contributed by atoms with E-state index in [1.54, 1.807) is 32.2 Å². The molecule has 39 heavy (non-hydrogen) atoms. The number of nitrogens with zero attached hydrogens (tertiary/aromatic N) is 2. The molecule has 0 bridgehead atoms. The first kappa shape index (κ1) is 26.5. The lowest BCUT2D eigenvalue weighted by atomic mass is 10.0. The topological polar surface area (TPSA) is 129 Å². The van der Waals surface area contributed by atoms with Crippen LogP contribution in [-0.4, -0.2) is 44.0 Å². The first-order chi connectivity index (χ1) is 18.8. The number of methoxy groups -OCH3 is 1. The largest absolute Gasteiger partial charge is 0.491 e. The Labute approximate surface area is 227 Å². The predicted octanol–water partition coefficient (Wildman–Crippen LogP) is 2.96.